The fourth-order valence-corrected chi connectivity index (χ4v) is 2.87. The molecule has 0 radical (unpaired) electrons. The minimum Gasteiger partial charge on any atom is -0.284 e. The van der Waals surface area contributed by atoms with Crippen LogP contribution in [0, 0.1) is 11.3 Å². The van der Waals surface area contributed by atoms with Gasteiger partial charge in [-0.15, -0.1) is 0 Å². The van der Waals surface area contributed by atoms with Gasteiger partial charge in [-0.25, -0.2) is 0 Å². The van der Waals surface area contributed by atoms with Gasteiger partial charge in [-0.1, -0.05) is 24.3 Å². The van der Waals surface area contributed by atoms with Crippen molar-refractivity contribution in [2.75, 3.05) is 13.1 Å². The van der Waals surface area contributed by atoms with Crippen molar-refractivity contribution in [1.82, 2.24) is 4.90 Å². The monoisotopic (exact) mass is 226 g/mol. The SMILES string of the molecule is N#CC(c1ccccc1C1CC1)N1CCCC1. The molecule has 1 atom stereocenters. The van der Waals surface area contributed by atoms with E-state index in [1.807, 2.05) is 0 Å². The Bertz CT molecular complexity index is 436. The molecule has 0 N–H and O–H groups in total. The lowest BCUT2D eigenvalue weighted by Gasteiger charge is -2.23. The molecule has 1 aromatic rings. The highest BCUT2D eigenvalue weighted by atomic mass is 15.2. The molecule has 0 spiro atoms. The molecule has 0 amide bonds. The Morgan fingerprint density at radius 2 is 1.88 bits per heavy atom. The molecule has 1 saturated carbocycles. The Hall–Kier alpha value is -1.33. The van der Waals surface area contributed by atoms with E-state index in [2.05, 4.69) is 35.2 Å². The third-order valence-corrected chi connectivity index (χ3v) is 3.94. The zero-order valence-electron chi connectivity index (χ0n) is 10.1. The van der Waals surface area contributed by atoms with Gasteiger partial charge in [-0.05, 0) is 55.8 Å². The predicted molar refractivity (Wildman–Crippen MR) is 67.6 cm³/mol. The molecule has 0 aromatic heterocycles. The van der Waals surface area contributed by atoms with Gasteiger partial charge >= 0.3 is 0 Å². The summed E-state index contributed by atoms with van der Waals surface area (Å²) < 4.78 is 0. The molecule has 1 heterocycles. The molecule has 2 fully saturated rings. The molecule has 1 unspecified atom stereocenters. The Labute approximate surface area is 103 Å². The molecule has 88 valence electrons. The van der Waals surface area contributed by atoms with E-state index in [0.29, 0.717) is 0 Å². The van der Waals surface area contributed by atoms with E-state index in [-0.39, 0.29) is 6.04 Å². The lowest BCUT2D eigenvalue weighted by molar-refractivity contribution is 0.293. The summed E-state index contributed by atoms with van der Waals surface area (Å²) in [4.78, 5) is 2.33. The number of hydrogen-bond donors (Lipinski definition) is 0. The maximum Gasteiger partial charge on any atom is 0.124 e. The molecule has 0 bridgehead atoms. The van der Waals surface area contributed by atoms with Crippen molar-refractivity contribution in [2.45, 2.75) is 37.6 Å². The fourth-order valence-electron chi connectivity index (χ4n) is 2.87. The third-order valence-electron chi connectivity index (χ3n) is 3.94. The number of hydrogen-bond acceptors (Lipinski definition) is 2. The summed E-state index contributed by atoms with van der Waals surface area (Å²) in [5, 5.41) is 9.47. The number of nitrogens with zero attached hydrogens (tertiary/aromatic N) is 2. The second-order valence-electron chi connectivity index (χ2n) is 5.18. The highest BCUT2D eigenvalue weighted by Crippen LogP contribution is 2.43. The summed E-state index contributed by atoms with van der Waals surface area (Å²) in [7, 11) is 0. The highest BCUT2D eigenvalue weighted by molar-refractivity contribution is 5.38. The van der Waals surface area contributed by atoms with Gasteiger partial charge in [0.15, 0.2) is 0 Å². The van der Waals surface area contributed by atoms with Gasteiger partial charge in [0, 0.05) is 0 Å². The maximum atomic E-state index is 9.47. The van der Waals surface area contributed by atoms with E-state index in [1.54, 1.807) is 0 Å². The molecule has 2 aliphatic rings. The minimum atomic E-state index is -0.0192. The average molecular weight is 226 g/mol. The summed E-state index contributed by atoms with van der Waals surface area (Å²) >= 11 is 0. The van der Waals surface area contributed by atoms with Crippen molar-refractivity contribution in [3.8, 4) is 6.07 Å². The van der Waals surface area contributed by atoms with E-state index in [4.69, 9.17) is 0 Å². The zero-order valence-corrected chi connectivity index (χ0v) is 10.1. The van der Waals surface area contributed by atoms with Crippen molar-refractivity contribution in [1.29, 1.82) is 5.26 Å². The van der Waals surface area contributed by atoms with Gasteiger partial charge in [-0.3, -0.25) is 4.90 Å². The highest BCUT2D eigenvalue weighted by Gasteiger charge is 2.31. The summed E-state index contributed by atoms with van der Waals surface area (Å²) in [6.07, 6.45) is 5.08. The first-order valence-electron chi connectivity index (χ1n) is 6.62. The van der Waals surface area contributed by atoms with Gasteiger partial charge in [0.25, 0.3) is 0 Å². The number of benzene rings is 1. The van der Waals surface area contributed by atoms with Crippen LogP contribution in [-0.4, -0.2) is 18.0 Å². The zero-order chi connectivity index (χ0) is 11.7. The number of rotatable bonds is 3. The molecular weight excluding hydrogens is 208 g/mol. The molecule has 1 aliphatic heterocycles. The van der Waals surface area contributed by atoms with Gasteiger partial charge in [0.05, 0.1) is 6.07 Å². The Morgan fingerprint density at radius 1 is 1.18 bits per heavy atom. The number of nitriles is 1. The second-order valence-corrected chi connectivity index (χ2v) is 5.18. The fraction of sp³-hybridized carbons (Fsp3) is 0.533. The van der Waals surface area contributed by atoms with E-state index < -0.39 is 0 Å². The first-order valence-corrected chi connectivity index (χ1v) is 6.62. The molecule has 1 saturated heterocycles. The van der Waals surface area contributed by atoms with Crippen LogP contribution in [0.2, 0.25) is 0 Å². The first kappa shape index (κ1) is 10.8. The van der Waals surface area contributed by atoms with Crippen LogP contribution in [0.4, 0.5) is 0 Å². The molecule has 2 heteroatoms. The van der Waals surface area contributed by atoms with Crippen molar-refractivity contribution in [2.24, 2.45) is 0 Å². The van der Waals surface area contributed by atoms with Crippen LogP contribution in [0.1, 0.15) is 48.8 Å². The summed E-state index contributed by atoms with van der Waals surface area (Å²) in [6, 6.07) is 11.0. The van der Waals surface area contributed by atoms with Crippen molar-refractivity contribution in [3.05, 3.63) is 35.4 Å². The minimum absolute atomic E-state index is 0.0192. The Balaban J connectivity index is 1.92. The van der Waals surface area contributed by atoms with Crippen LogP contribution in [-0.2, 0) is 0 Å². The van der Waals surface area contributed by atoms with Crippen molar-refractivity contribution in [3.63, 3.8) is 0 Å². The molecule has 17 heavy (non-hydrogen) atoms. The second kappa shape index (κ2) is 4.50. The summed E-state index contributed by atoms with van der Waals surface area (Å²) in [5.41, 5.74) is 2.69. The maximum absolute atomic E-state index is 9.47. The van der Waals surface area contributed by atoms with Crippen LogP contribution in [0.3, 0.4) is 0 Å². The van der Waals surface area contributed by atoms with Crippen LogP contribution >= 0.6 is 0 Å². The smallest absolute Gasteiger partial charge is 0.124 e. The molecular formula is C15H18N2. The first-order chi connectivity index (χ1) is 8.40. The normalized spacial score (nSPS) is 22.3. The molecule has 1 aromatic carbocycles. The largest absolute Gasteiger partial charge is 0.284 e. The Morgan fingerprint density at radius 3 is 2.53 bits per heavy atom. The van der Waals surface area contributed by atoms with Gasteiger partial charge in [0.2, 0.25) is 0 Å². The van der Waals surface area contributed by atoms with Crippen LogP contribution in [0.5, 0.6) is 0 Å². The van der Waals surface area contributed by atoms with Crippen LogP contribution in [0.15, 0.2) is 24.3 Å². The van der Waals surface area contributed by atoms with Gasteiger partial charge in [0.1, 0.15) is 6.04 Å². The lowest BCUT2D eigenvalue weighted by atomic mass is 9.97. The quantitative estimate of drug-likeness (QED) is 0.791. The average Bonchev–Trinajstić information content (AvgIpc) is 3.08. The molecule has 3 rings (SSSR count). The standard InChI is InChI=1S/C15H18N2/c16-11-15(17-9-3-4-10-17)14-6-2-1-5-13(14)12-7-8-12/h1-2,5-6,12,15H,3-4,7-10H2. The molecule has 1 aliphatic carbocycles. The lowest BCUT2D eigenvalue weighted by Crippen LogP contribution is -2.25. The van der Waals surface area contributed by atoms with Gasteiger partial charge < -0.3 is 0 Å². The van der Waals surface area contributed by atoms with E-state index >= 15 is 0 Å². The number of likely N-dealkylation sites (tertiary alicyclic amines) is 1. The topological polar surface area (TPSA) is 27.0 Å². The van der Waals surface area contributed by atoms with E-state index in [1.165, 1.54) is 36.8 Å². The summed E-state index contributed by atoms with van der Waals surface area (Å²) in [6.45, 7) is 2.16. The van der Waals surface area contributed by atoms with Crippen LogP contribution < -0.4 is 0 Å². The predicted octanol–water partition coefficient (Wildman–Crippen LogP) is 3.22. The van der Waals surface area contributed by atoms with Crippen LogP contribution in [0.25, 0.3) is 0 Å². The van der Waals surface area contributed by atoms with Crippen molar-refractivity contribution >= 4 is 0 Å². The summed E-state index contributed by atoms with van der Waals surface area (Å²) in [5.74, 6) is 0.727. The third kappa shape index (κ3) is 2.08. The van der Waals surface area contributed by atoms with Crippen molar-refractivity contribution < 1.29 is 0 Å². The van der Waals surface area contributed by atoms with E-state index in [9.17, 15) is 5.26 Å². The van der Waals surface area contributed by atoms with E-state index in [0.717, 1.165) is 19.0 Å². The Kier molecular flexibility index (Phi) is 2.86. The molecule has 2 nitrogen and oxygen atoms in total. The van der Waals surface area contributed by atoms with Gasteiger partial charge in [-0.2, -0.15) is 5.26 Å².